The lowest BCUT2D eigenvalue weighted by atomic mass is 9.86. The molecule has 3 N–H and O–H groups in total. The molecule has 1 heterocycles. The quantitative estimate of drug-likeness (QED) is 0.519. The molecule has 0 saturated heterocycles. The maximum atomic E-state index is 12.7. The summed E-state index contributed by atoms with van der Waals surface area (Å²) >= 11 is 0. The van der Waals surface area contributed by atoms with Crippen LogP contribution in [0.2, 0.25) is 0 Å². The first-order valence-electron chi connectivity index (χ1n) is 10.2. The van der Waals surface area contributed by atoms with Gasteiger partial charge in [-0.2, -0.15) is 0 Å². The lowest BCUT2D eigenvalue weighted by Crippen LogP contribution is -2.38. The van der Waals surface area contributed by atoms with Crippen molar-refractivity contribution < 1.29 is 14.4 Å². The third kappa shape index (κ3) is 5.31. The number of nitrogens with one attached hydrogen (secondary N) is 3. The lowest BCUT2D eigenvalue weighted by Gasteiger charge is -2.21. The number of anilines is 3. The number of urea groups is 1. The van der Waals surface area contributed by atoms with E-state index in [1.54, 1.807) is 30.3 Å². The first-order valence-corrected chi connectivity index (χ1v) is 10.2. The van der Waals surface area contributed by atoms with Gasteiger partial charge in [-0.15, -0.1) is 6.58 Å². The Morgan fingerprint density at radius 1 is 1.03 bits per heavy atom. The zero-order valence-electron chi connectivity index (χ0n) is 18.1. The molecule has 7 heteroatoms. The maximum absolute atomic E-state index is 12.7. The molecule has 0 fully saturated rings. The molecule has 0 unspecified atom stereocenters. The molecule has 0 spiro atoms. The van der Waals surface area contributed by atoms with Crippen LogP contribution < -0.4 is 20.9 Å². The highest BCUT2D eigenvalue weighted by molar-refractivity contribution is 6.44. The molecule has 3 rings (SSSR count). The molecule has 1 aliphatic rings. The summed E-state index contributed by atoms with van der Waals surface area (Å²) in [6.07, 6.45) is 2.31. The third-order valence-corrected chi connectivity index (χ3v) is 5.09. The summed E-state index contributed by atoms with van der Waals surface area (Å²) in [4.78, 5) is 38.5. The first-order chi connectivity index (χ1) is 14.7. The second-order valence-corrected chi connectivity index (χ2v) is 8.46. The summed E-state index contributed by atoms with van der Waals surface area (Å²) in [6.45, 7) is 10.8. The molecule has 0 atom stereocenters. The van der Waals surface area contributed by atoms with Crippen molar-refractivity contribution in [1.29, 1.82) is 0 Å². The molecule has 0 bridgehead atoms. The second kappa shape index (κ2) is 9.04. The number of nitrogens with zero attached hydrogens (tertiary/aromatic N) is 1. The lowest BCUT2D eigenvalue weighted by molar-refractivity contribution is -0.134. The summed E-state index contributed by atoms with van der Waals surface area (Å²) in [5.74, 6) is -1.29. The van der Waals surface area contributed by atoms with Crippen LogP contribution in [-0.4, -0.2) is 30.9 Å². The van der Waals surface area contributed by atoms with Crippen molar-refractivity contribution in [3.8, 4) is 0 Å². The summed E-state index contributed by atoms with van der Waals surface area (Å²) < 4.78 is 0. The average molecular weight is 421 g/mol. The fraction of sp³-hybridized carbons (Fsp3) is 0.292. The van der Waals surface area contributed by atoms with Gasteiger partial charge in [-0.1, -0.05) is 39.0 Å². The van der Waals surface area contributed by atoms with Crippen LogP contribution >= 0.6 is 0 Å². The molecule has 162 valence electrons. The van der Waals surface area contributed by atoms with E-state index >= 15 is 0 Å². The van der Waals surface area contributed by atoms with Crippen LogP contribution in [-0.2, 0) is 21.4 Å². The minimum absolute atomic E-state index is 0.0250. The van der Waals surface area contributed by atoms with Crippen LogP contribution in [0.4, 0.5) is 21.9 Å². The van der Waals surface area contributed by atoms with Crippen molar-refractivity contribution in [3.05, 3.63) is 66.2 Å². The summed E-state index contributed by atoms with van der Waals surface area (Å²) in [5.41, 5.74) is 4.14. The highest BCUT2D eigenvalue weighted by atomic mass is 16.2. The topological polar surface area (TPSA) is 90.5 Å². The Labute approximate surface area is 182 Å². The number of amides is 4. The summed E-state index contributed by atoms with van der Waals surface area (Å²) in [7, 11) is 0. The van der Waals surface area contributed by atoms with Crippen molar-refractivity contribution in [2.75, 3.05) is 28.6 Å². The van der Waals surface area contributed by atoms with E-state index in [4.69, 9.17) is 0 Å². The molecule has 0 radical (unpaired) electrons. The Kier molecular flexibility index (Phi) is 6.44. The second-order valence-electron chi connectivity index (χ2n) is 8.46. The van der Waals surface area contributed by atoms with Gasteiger partial charge < -0.3 is 20.9 Å². The van der Waals surface area contributed by atoms with Gasteiger partial charge in [0.05, 0.1) is 0 Å². The summed E-state index contributed by atoms with van der Waals surface area (Å²) in [5, 5.41) is 7.90. The minimum Gasteiger partial charge on any atom is -0.334 e. The maximum Gasteiger partial charge on any atom is 0.319 e. The molecule has 7 nitrogen and oxygen atoms in total. The van der Waals surface area contributed by atoms with Crippen molar-refractivity contribution in [2.24, 2.45) is 0 Å². The largest absolute Gasteiger partial charge is 0.334 e. The average Bonchev–Trinajstić information content (AvgIpc) is 3.15. The van der Waals surface area contributed by atoms with E-state index < -0.39 is 11.8 Å². The zero-order valence-corrected chi connectivity index (χ0v) is 18.1. The first kappa shape index (κ1) is 22.1. The molecule has 0 aromatic heterocycles. The van der Waals surface area contributed by atoms with Crippen molar-refractivity contribution in [2.45, 2.75) is 32.6 Å². The highest BCUT2D eigenvalue weighted by Gasteiger charge is 2.30. The molecule has 4 amide bonds. The highest BCUT2D eigenvalue weighted by Crippen LogP contribution is 2.33. The van der Waals surface area contributed by atoms with Crippen LogP contribution in [0.3, 0.4) is 0 Å². The predicted molar refractivity (Wildman–Crippen MR) is 123 cm³/mol. The van der Waals surface area contributed by atoms with Crippen molar-refractivity contribution in [3.63, 3.8) is 0 Å². The number of fused-ring (bicyclic) bond motifs is 1. The van der Waals surface area contributed by atoms with Gasteiger partial charge in [-0.05, 0) is 53.3 Å². The molecule has 0 aliphatic carbocycles. The van der Waals surface area contributed by atoms with Crippen molar-refractivity contribution >= 4 is 34.9 Å². The molecular formula is C24H28N4O3. The van der Waals surface area contributed by atoms with Gasteiger partial charge in [0.1, 0.15) is 0 Å². The van der Waals surface area contributed by atoms with E-state index in [2.05, 4.69) is 49.4 Å². The number of carbonyl (C=O) groups is 3. The van der Waals surface area contributed by atoms with Crippen LogP contribution in [0.15, 0.2) is 55.1 Å². The van der Waals surface area contributed by atoms with Gasteiger partial charge in [0, 0.05) is 30.2 Å². The molecule has 0 saturated carbocycles. The fourth-order valence-electron chi connectivity index (χ4n) is 3.36. The fourth-order valence-corrected chi connectivity index (χ4v) is 3.36. The summed E-state index contributed by atoms with van der Waals surface area (Å²) in [6, 6.07) is 12.3. The molecule has 2 aromatic carbocycles. The number of carbonyl (C=O) groups excluding carboxylic acids is 3. The monoisotopic (exact) mass is 420 g/mol. The number of hydrogen-bond acceptors (Lipinski definition) is 3. The van der Waals surface area contributed by atoms with Crippen LogP contribution in [0.5, 0.6) is 0 Å². The Hall–Kier alpha value is -3.61. The Morgan fingerprint density at radius 2 is 1.68 bits per heavy atom. The van der Waals surface area contributed by atoms with E-state index in [-0.39, 0.29) is 11.4 Å². The molecule has 2 aromatic rings. The van der Waals surface area contributed by atoms with E-state index in [9.17, 15) is 14.4 Å². The molecule has 1 aliphatic heterocycles. The predicted octanol–water partition coefficient (Wildman–Crippen LogP) is 3.82. The van der Waals surface area contributed by atoms with E-state index in [1.165, 1.54) is 10.5 Å². The van der Waals surface area contributed by atoms with Gasteiger partial charge >= 0.3 is 17.8 Å². The van der Waals surface area contributed by atoms with Crippen molar-refractivity contribution in [1.82, 2.24) is 5.32 Å². The zero-order chi connectivity index (χ0) is 22.6. The molecular weight excluding hydrogens is 392 g/mol. The van der Waals surface area contributed by atoms with Crippen LogP contribution in [0.1, 0.15) is 31.9 Å². The van der Waals surface area contributed by atoms with Gasteiger partial charge in [-0.25, -0.2) is 4.79 Å². The Bertz CT molecular complexity index is 1010. The smallest absolute Gasteiger partial charge is 0.319 e. The minimum atomic E-state index is -0.697. The molecule has 31 heavy (non-hydrogen) atoms. The van der Waals surface area contributed by atoms with Crippen LogP contribution in [0.25, 0.3) is 0 Å². The van der Waals surface area contributed by atoms with Gasteiger partial charge in [-0.3, -0.25) is 9.59 Å². The van der Waals surface area contributed by atoms with Gasteiger partial charge in [0.25, 0.3) is 0 Å². The number of rotatable bonds is 4. The number of benzene rings is 2. The standard InChI is InChI=1S/C24H28N4O3/c1-5-13-25-23(31)27-19-9-7-18(8-10-19)26-21(29)22(30)28-14-12-16-15-17(24(2,3)4)6-11-20(16)28/h5-11,15H,1,12-14H2,2-4H3,(H,26,29)(H2,25,27,31). The van der Waals surface area contributed by atoms with E-state index in [0.29, 0.717) is 24.5 Å². The van der Waals surface area contributed by atoms with Crippen LogP contribution in [0, 0.1) is 0 Å². The Balaban J connectivity index is 1.62. The number of hydrogen-bond donors (Lipinski definition) is 3. The normalized spacial score (nSPS) is 12.7. The van der Waals surface area contributed by atoms with E-state index in [1.807, 2.05) is 12.1 Å². The SMILES string of the molecule is C=CCNC(=O)Nc1ccc(NC(=O)C(=O)N2CCc3cc(C(C)(C)C)ccc32)cc1. The van der Waals surface area contributed by atoms with E-state index in [0.717, 1.165) is 17.7 Å². The third-order valence-electron chi connectivity index (χ3n) is 5.09. The Morgan fingerprint density at radius 3 is 2.29 bits per heavy atom. The van der Waals surface area contributed by atoms with Gasteiger partial charge in [0.2, 0.25) is 0 Å². The van der Waals surface area contributed by atoms with Gasteiger partial charge in [0.15, 0.2) is 0 Å².